The van der Waals surface area contributed by atoms with E-state index in [4.69, 9.17) is 4.74 Å². The van der Waals surface area contributed by atoms with E-state index in [9.17, 15) is 4.79 Å². The Bertz CT molecular complexity index is 363. The maximum Gasteiger partial charge on any atom is 0.360 e. The Morgan fingerprint density at radius 1 is 1.35 bits per heavy atom. The maximum atomic E-state index is 11.4. The Morgan fingerprint density at radius 2 is 2.12 bits per heavy atom. The summed E-state index contributed by atoms with van der Waals surface area (Å²) in [4.78, 5) is 11.4. The summed E-state index contributed by atoms with van der Waals surface area (Å²) < 4.78 is 11.7. The van der Waals surface area contributed by atoms with Crippen molar-refractivity contribution < 1.29 is 14.3 Å². The molecule has 6 nitrogen and oxygen atoms in total. The molecule has 0 fully saturated rings. The van der Waals surface area contributed by atoms with Crippen LogP contribution < -0.4 is 0 Å². The number of esters is 1. The number of hydrogen-bond donors (Lipinski definition) is 0. The summed E-state index contributed by atoms with van der Waals surface area (Å²) in [5.41, 5.74) is 1.09. The molecule has 0 saturated carbocycles. The smallest absolute Gasteiger partial charge is 0.360 e. The zero-order valence-corrected chi connectivity index (χ0v) is 10.6. The maximum absolute atomic E-state index is 11.4. The summed E-state index contributed by atoms with van der Waals surface area (Å²) in [5.74, 6) is -0.442. The van der Waals surface area contributed by atoms with Crippen LogP contribution in [0.4, 0.5) is 0 Å². The molecule has 96 valence electrons. The third-order valence-electron chi connectivity index (χ3n) is 2.35. The fourth-order valence-corrected chi connectivity index (χ4v) is 1.52. The van der Waals surface area contributed by atoms with E-state index in [1.165, 1.54) is 7.11 Å². The van der Waals surface area contributed by atoms with Crippen molar-refractivity contribution in [3.8, 4) is 0 Å². The Labute approximate surface area is 101 Å². The second-order valence-corrected chi connectivity index (χ2v) is 3.57. The number of carbonyl (C=O) groups excluding carboxylic acids is 1. The summed E-state index contributed by atoms with van der Waals surface area (Å²) in [6, 6.07) is 0. The monoisotopic (exact) mass is 241 g/mol. The van der Waals surface area contributed by atoms with Gasteiger partial charge in [-0.2, -0.15) is 0 Å². The molecule has 1 heterocycles. The molecular weight excluding hydrogens is 222 g/mol. The van der Waals surface area contributed by atoms with Crippen LogP contribution in [-0.2, 0) is 22.4 Å². The number of methoxy groups -OCH3 is 1. The highest BCUT2D eigenvalue weighted by Gasteiger charge is 2.18. The number of rotatable bonds is 7. The van der Waals surface area contributed by atoms with Crippen LogP contribution in [0.15, 0.2) is 0 Å². The first-order valence-electron chi connectivity index (χ1n) is 5.83. The van der Waals surface area contributed by atoms with E-state index in [2.05, 4.69) is 22.0 Å². The van der Waals surface area contributed by atoms with Gasteiger partial charge in [0.25, 0.3) is 0 Å². The molecule has 0 spiro atoms. The Hall–Kier alpha value is -1.43. The molecule has 0 atom stereocenters. The molecule has 1 aromatic rings. The number of hydrogen-bond acceptors (Lipinski definition) is 5. The molecular formula is C11H19N3O3. The highest BCUT2D eigenvalue weighted by atomic mass is 16.5. The van der Waals surface area contributed by atoms with Crippen molar-refractivity contribution in [2.24, 2.45) is 0 Å². The first kappa shape index (κ1) is 13.6. The first-order chi connectivity index (χ1) is 8.24. The molecule has 1 rings (SSSR count). The quantitative estimate of drug-likeness (QED) is 0.527. The molecule has 0 radical (unpaired) electrons. The van der Waals surface area contributed by atoms with Gasteiger partial charge in [-0.25, -0.2) is 9.48 Å². The molecule has 0 aliphatic rings. The predicted octanol–water partition coefficient (Wildman–Crippen LogP) is 1.05. The van der Waals surface area contributed by atoms with Gasteiger partial charge in [0.15, 0.2) is 5.69 Å². The molecule has 0 saturated heterocycles. The number of carbonyl (C=O) groups is 1. The van der Waals surface area contributed by atoms with Crippen molar-refractivity contribution in [2.45, 2.75) is 33.2 Å². The molecule has 0 aromatic carbocycles. The van der Waals surface area contributed by atoms with Crippen LogP contribution in [0.2, 0.25) is 0 Å². The standard InChI is InChI=1S/C11H19N3O3/c1-4-7-17-8-6-14-9(5-2)10(12-13-14)11(15)16-3/h4-8H2,1-3H3. The predicted molar refractivity (Wildman–Crippen MR) is 61.8 cm³/mol. The Kier molecular flexibility index (Phi) is 5.62. The van der Waals surface area contributed by atoms with E-state index in [1.54, 1.807) is 4.68 Å². The minimum absolute atomic E-state index is 0.297. The molecule has 6 heteroatoms. The van der Waals surface area contributed by atoms with Crippen molar-refractivity contribution in [2.75, 3.05) is 20.3 Å². The lowest BCUT2D eigenvalue weighted by Gasteiger charge is -2.05. The number of nitrogens with zero attached hydrogens (tertiary/aromatic N) is 3. The topological polar surface area (TPSA) is 66.2 Å². The lowest BCUT2D eigenvalue weighted by Crippen LogP contribution is -2.12. The van der Waals surface area contributed by atoms with E-state index in [0.717, 1.165) is 18.7 Å². The highest BCUT2D eigenvalue weighted by Crippen LogP contribution is 2.07. The van der Waals surface area contributed by atoms with Crippen LogP contribution in [-0.4, -0.2) is 41.3 Å². The fraction of sp³-hybridized carbons (Fsp3) is 0.727. The minimum atomic E-state index is -0.442. The second kappa shape index (κ2) is 7.01. The minimum Gasteiger partial charge on any atom is -0.464 e. The Morgan fingerprint density at radius 3 is 2.71 bits per heavy atom. The van der Waals surface area contributed by atoms with E-state index in [1.807, 2.05) is 6.92 Å². The van der Waals surface area contributed by atoms with Gasteiger partial charge in [0.2, 0.25) is 0 Å². The molecule has 0 bridgehead atoms. The largest absolute Gasteiger partial charge is 0.464 e. The van der Waals surface area contributed by atoms with E-state index in [-0.39, 0.29) is 0 Å². The van der Waals surface area contributed by atoms with Gasteiger partial charge in [0, 0.05) is 6.61 Å². The number of aromatic nitrogens is 3. The molecule has 0 unspecified atom stereocenters. The van der Waals surface area contributed by atoms with Gasteiger partial charge in [-0.15, -0.1) is 5.10 Å². The summed E-state index contributed by atoms with van der Waals surface area (Å²) >= 11 is 0. The van der Waals surface area contributed by atoms with Crippen LogP contribution in [0.1, 0.15) is 36.5 Å². The SMILES string of the molecule is CCCOCCn1nnc(C(=O)OC)c1CC. The lowest BCUT2D eigenvalue weighted by molar-refractivity contribution is 0.0592. The van der Waals surface area contributed by atoms with Crippen LogP contribution in [0.25, 0.3) is 0 Å². The van der Waals surface area contributed by atoms with Gasteiger partial charge in [-0.1, -0.05) is 19.1 Å². The van der Waals surface area contributed by atoms with Crippen LogP contribution in [0, 0.1) is 0 Å². The van der Waals surface area contributed by atoms with Gasteiger partial charge in [0.1, 0.15) is 0 Å². The molecule has 0 aliphatic heterocycles. The summed E-state index contributed by atoms with van der Waals surface area (Å²) in [6.45, 7) is 5.93. The molecule has 17 heavy (non-hydrogen) atoms. The van der Waals surface area contributed by atoms with Gasteiger partial charge < -0.3 is 9.47 Å². The van der Waals surface area contributed by atoms with Crippen molar-refractivity contribution >= 4 is 5.97 Å². The molecule has 0 aliphatic carbocycles. The van der Waals surface area contributed by atoms with Crippen molar-refractivity contribution in [1.29, 1.82) is 0 Å². The molecule has 0 amide bonds. The van der Waals surface area contributed by atoms with Crippen LogP contribution in [0.5, 0.6) is 0 Å². The zero-order valence-electron chi connectivity index (χ0n) is 10.6. The summed E-state index contributed by atoms with van der Waals surface area (Å²) in [6.07, 6.45) is 1.68. The normalized spacial score (nSPS) is 10.5. The van der Waals surface area contributed by atoms with Crippen molar-refractivity contribution in [3.63, 3.8) is 0 Å². The second-order valence-electron chi connectivity index (χ2n) is 3.57. The average molecular weight is 241 g/mol. The van der Waals surface area contributed by atoms with Crippen molar-refractivity contribution in [1.82, 2.24) is 15.0 Å². The third-order valence-corrected chi connectivity index (χ3v) is 2.35. The van der Waals surface area contributed by atoms with Gasteiger partial charge in [-0.3, -0.25) is 0 Å². The van der Waals surface area contributed by atoms with E-state index >= 15 is 0 Å². The van der Waals surface area contributed by atoms with Gasteiger partial charge in [0.05, 0.1) is 26.0 Å². The van der Waals surface area contributed by atoms with Crippen molar-refractivity contribution in [3.05, 3.63) is 11.4 Å². The summed E-state index contributed by atoms with van der Waals surface area (Å²) in [7, 11) is 1.34. The van der Waals surface area contributed by atoms with E-state index in [0.29, 0.717) is 25.3 Å². The molecule has 1 aromatic heterocycles. The van der Waals surface area contributed by atoms with E-state index < -0.39 is 5.97 Å². The third kappa shape index (κ3) is 3.52. The van der Waals surface area contributed by atoms with Gasteiger partial charge in [-0.05, 0) is 12.8 Å². The summed E-state index contributed by atoms with van der Waals surface area (Å²) in [5, 5.41) is 7.78. The highest BCUT2D eigenvalue weighted by molar-refractivity contribution is 5.88. The van der Waals surface area contributed by atoms with Crippen LogP contribution >= 0.6 is 0 Å². The number of ether oxygens (including phenoxy) is 2. The van der Waals surface area contributed by atoms with Crippen LogP contribution in [0.3, 0.4) is 0 Å². The first-order valence-corrected chi connectivity index (χ1v) is 5.83. The Balaban J connectivity index is 2.66. The molecule has 0 N–H and O–H groups in total. The fourth-order valence-electron chi connectivity index (χ4n) is 1.52. The van der Waals surface area contributed by atoms with Gasteiger partial charge >= 0.3 is 5.97 Å². The average Bonchev–Trinajstić information content (AvgIpc) is 2.76. The zero-order chi connectivity index (χ0) is 12.7. The lowest BCUT2D eigenvalue weighted by atomic mass is 10.2.